The summed E-state index contributed by atoms with van der Waals surface area (Å²) in [5.74, 6) is -0.378. The second kappa shape index (κ2) is 63.4. The Morgan fingerprint density at radius 1 is 0.306 bits per heavy atom. The summed E-state index contributed by atoms with van der Waals surface area (Å²) < 4.78 is 17.6. The van der Waals surface area contributed by atoms with Gasteiger partial charge in [0, 0.05) is 19.4 Å². The van der Waals surface area contributed by atoms with E-state index in [0.717, 1.165) is 38.5 Å². The van der Waals surface area contributed by atoms with Crippen LogP contribution in [0.4, 0.5) is 0 Å². The third-order valence-electron chi connectivity index (χ3n) is 14.6. The van der Waals surface area contributed by atoms with Crippen LogP contribution in [0.5, 0.6) is 0 Å². The summed E-state index contributed by atoms with van der Waals surface area (Å²) in [6.45, 7) is 7.88. The van der Waals surface area contributed by atoms with E-state index in [9.17, 15) is 9.59 Å². The molecule has 5 nitrogen and oxygen atoms in total. The average molecular weight is 1010 g/mol. The Hall–Kier alpha value is -1.88. The van der Waals surface area contributed by atoms with Crippen LogP contribution in [0.1, 0.15) is 355 Å². The van der Waals surface area contributed by atoms with Gasteiger partial charge < -0.3 is 14.2 Å². The molecule has 1 atom stereocenters. The second-order valence-corrected chi connectivity index (χ2v) is 22.0. The Kier molecular flexibility index (Phi) is 61.8. The highest BCUT2D eigenvalue weighted by Crippen LogP contribution is 2.17. The molecule has 5 heteroatoms. The molecule has 0 fully saturated rings. The molecule has 0 bridgehead atoms. The van der Waals surface area contributed by atoms with Gasteiger partial charge in [-0.25, -0.2) is 0 Å². The first-order chi connectivity index (χ1) is 35.6. The Labute approximate surface area is 450 Å². The van der Waals surface area contributed by atoms with E-state index in [4.69, 9.17) is 14.2 Å². The van der Waals surface area contributed by atoms with E-state index in [1.165, 1.54) is 283 Å². The molecule has 0 aliphatic rings. The Morgan fingerprint density at radius 2 is 0.583 bits per heavy atom. The Balaban J connectivity index is 4.22. The molecule has 0 aliphatic carbocycles. The zero-order valence-electron chi connectivity index (χ0n) is 49.0. The fourth-order valence-corrected chi connectivity index (χ4v) is 9.77. The first-order valence-electron chi connectivity index (χ1n) is 32.5. The number of ether oxygens (including phenoxy) is 3. The Morgan fingerprint density at radius 3 is 0.958 bits per heavy atom. The lowest BCUT2D eigenvalue weighted by Gasteiger charge is -2.18. The summed E-state index contributed by atoms with van der Waals surface area (Å²) >= 11 is 0. The molecule has 0 radical (unpaired) electrons. The van der Waals surface area contributed by atoms with Gasteiger partial charge in [-0.15, -0.1) is 0 Å². The summed E-state index contributed by atoms with van der Waals surface area (Å²) in [4.78, 5) is 25.6. The van der Waals surface area contributed by atoms with Crippen molar-refractivity contribution in [3.05, 3.63) is 36.5 Å². The van der Waals surface area contributed by atoms with Crippen molar-refractivity contribution < 1.29 is 23.8 Å². The van der Waals surface area contributed by atoms with Crippen LogP contribution >= 0.6 is 0 Å². The summed E-state index contributed by atoms with van der Waals surface area (Å²) in [5, 5.41) is 0. The van der Waals surface area contributed by atoms with Gasteiger partial charge in [-0.05, 0) is 77.0 Å². The molecule has 0 aromatic carbocycles. The molecule has 0 N–H and O–H groups in total. The smallest absolute Gasteiger partial charge is 0.306 e. The molecule has 0 heterocycles. The van der Waals surface area contributed by atoms with E-state index < -0.39 is 6.10 Å². The molecule has 0 spiro atoms. The SMILES string of the molecule is CCCCC/C=C\C/C=C\CCCCCCCCCCCC(=O)O[C@H](COCCCCCCCCCCCCCCCCCC)COC(=O)CCCCCCCCCCCCC/C=C\CCCCCCCC. The second-order valence-electron chi connectivity index (χ2n) is 22.0. The van der Waals surface area contributed by atoms with E-state index in [1.807, 2.05) is 0 Å². The highest BCUT2D eigenvalue weighted by Gasteiger charge is 2.18. The van der Waals surface area contributed by atoms with Crippen LogP contribution in [0, 0.1) is 0 Å². The summed E-state index contributed by atoms with van der Waals surface area (Å²) in [7, 11) is 0. The number of carbonyl (C=O) groups excluding carboxylic acids is 2. The van der Waals surface area contributed by atoms with Crippen molar-refractivity contribution in [1.82, 2.24) is 0 Å². The lowest BCUT2D eigenvalue weighted by atomic mass is 10.0. The average Bonchev–Trinajstić information content (AvgIpc) is 3.38. The number of unbranched alkanes of at least 4 members (excludes halogenated alkanes) is 44. The molecule has 0 aliphatic heterocycles. The largest absolute Gasteiger partial charge is 0.462 e. The molecule has 0 aromatic rings. The minimum atomic E-state index is -0.535. The minimum Gasteiger partial charge on any atom is -0.462 e. The van der Waals surface area contributed by atoms with Crippen LogP contribution in [-0.4, -0.2) is 37.9 Å². The summed E-state index contributed by atoms with van der Waals surface area (Å²) in [6.07, 6.45) is 79.0. The zero-order valence-corrected chi connectivity index (χ0v) is 49.0. The van der Waals surface area contributed by atoms with Crippen LogP contribution in [0.25, 0.3) is 0 Å². The predicted octanol–water partition coefficient (Wildman–Crippen LogP) is 22.5. The number of rotatable bonds is 61. The first-order valence-corrected chi connectivity index (χ1v) is 32.5. The van der Waals surface area contributed by atoms with Gasteiger partial charge in [0.05, 0.1) is 6.61 Å². The molecule has 424 valence electrons. The van der Waals surface area contributed by atoms with Crippen molar-refractivity contribution >= 4 is 11.9 Å². The number of hydrogen-bond donors (Lipinski definition) is 0. The number of allylic oxidation sites excluding steroid dienone is 6. The van der Waals surface area contributed by atoms with Gasteiger partial charge in [-0.3, -0.25) is 9.59 Å². The maximum Gasteiger partial charge on any atom is 0.306 e. The minimum absolute atomic E-state index is 0.0896. The van der Waals surface area contributed by atoms with Crippen molar-refractivity contribution in [2.75, 3.05) is 19.8 Å². The summed E-state index contributed by atoms with van der Waals surface area (Å²) in [6, 6.07) is 0. The van der Waals surface area contributed by atoms with Gasteiger partial charge in [-0.2, -0.15) is 0 Å². The van der Waals surface area contributed by atoms with Crippen molar-refractivity contribution in [3.63, 3.8) is 0 Å². The number of esters is 2. The number of hydrogen-bond acceptors (Lipinski definition) is 5. The van der Waals surface area contributed by atoms with Crippen molar-refractivity contribution in [2.24, 2.45) is 0 Å². The predicted molar refractivity (Wildman–Crippen MR) is 316 cm³/mol. The third kappa shape index (κ3) is 60.7. The third-order valence-corrected chi connectivity index (χ3v) is 14.6. The van der Waals surface area contributed by atoms with E-state index in [1.54, 1.807) is 0 Å². The van der Waals surface area contributed by atoms with Crippen LogP contribution in [0.3, 0.4) is 0 Å². The van der Waals surface area contributed by atoms with Gasteiger partial charge in [0.1, 0.15) is 6.61 Å². The van der Waals surface area contributed by atoms with Crippen molar-refractivity contribution in [2.45, 2.75) is 361 Å². The highest BCUT2D eigenvalue weighted by molar-refractivity contribution is 5.70. The molecular weight excluding hydrogens is 885 g/mol. The molecule has 0 aromatic heterocycles. The van der Waals surface area contributed by atoms with Gasteiger partial charge in [0.15, 0.2) is 6.10 Å². The van der Waals surface area contributed by atoms with Crippen LogP contribution < -0.4 is 0 Å². The van der Waals surface area contributed by atoms with E-state index in [2.05, 4.69) is 57.2 Å². The van der Waals surface area contributed by atoms with Gasteiger partial charge in [0.25, 0.3) is 0 Å². The molecule has 0 amide bonds. The molecule has 0 saturated heterocycles. The van der Waals surface area contributed by atoms with Gasteiger partial charge >= 0.3 is 11.9 Å². The van der Waals surface area contributed by atoms with Crippen LogP contribution in [0.15, 0.2) is 36.5 Å². The fraction of sp³-hybridized carbons (Fsp3) is 0.881. The topological polar surface area (TPSA) is 61.8 Å². The van der Waals surface area contributed by atoms with E-state index >= 15 is 0 Å². The van der Waals surface area contributed by atoms with Gasteiger partial charge in [-0.1, -0.05) is 301 Å². The Bertz CT molecular complexity index is 1140. The summed E-state index contributed by atoms with van der Waals surface area (Å²) in [5.41, 5.74) is 0. The molecule has 0 rings (SSSR count). The zero-order chi connectivity index (χ0) is 52.0. The van der Waals surface area contributed by atoms with E-state index in [-0.39, 0.29) is 18.5 Å². The number of carbonyl (C=O) groups is 2. The normalized spacial score (nSPS) is 12.3. The van der Waals surface area contributed by atoms with Crippen molar-refractivity contribution in [3.8, 4) is 0 Å². The first kappa shape index (κ1) is 70.1. The molecule has 0 unspecified atom stereocenters. The lowest BCUT2D eigenvalue weighted by molar-refractivity contribution is -0.163. The van der Waals surface area contributed by atoms with Crippen molar-refractivity contribution in [1.29, 1.82) is 0 Å². The van der Waals surface area contributed by atoms with Gasteiger partial charge in [0.2, 0.25) is 0 Å². The maximum atomic E-state index is 12.9. The molecule has 0 saturated carbocycles. The standard InChI is InChI=1S/C67H126O5/c1-4-7-10-13-16-19-22-25-28-31-33-34-36-37-39-42-45-48-51-54-57-60-66(68)71-64-65(63-70-62-59-56-53-50-47-44-41-30-27-24-21-18-15-12-9-6-3)72-67(69)61-58-55-52-49-46-43-40-38-35-32-29-26-23-20-17-14-11-8-5-2/h17,20,25-26,28-29,65H,4-16,18-19,21-24,27,30-64H2,1-3H3/b20-17-,28-25-,29-26-/t65-/m1/s1. The quantitative estimate of drug-likeness (QED) is 0.0345. The molecular formula is C67H126O5. The highest BCUT2D eigenvalue weighted by atomic mass is 16.6. The van der Waals surface area contributed by atoms with Crippen LogP contribution in [0.2, 0.25) is 0 Å². The fourth-order valence-electron chi connectivity index (χ4n) is 9.77. The maximum absolute atomic E-state index is 12.9. The van der Waals surface area contributed by atoms with E-state index in [0.29, 0.717) is 26.1 Å². The molecule has 72 heavy (non-hydrogen) atoms. The van der Waals surface area contributed by atoms with Crippen LogP contribution in [-0.2, 0) is 23.8 Å². The lowest BCUT2D eigenvalue weighted by Crippen LogP contribution is -2.30. The monoisotopic (exact) mass is 1010 g/mol.